The van der Waals surface area contributed by atoms with E-state index >= 15 is 0 Å². The molecule has 2 heterocycles. The minimum absolute atomic E-state index is 0.0421. The number of nitrogens with one attached hydrogen (secondary N) is 3. The number of amidine groups is 1. The molecule has 1 saturated heterocycles. The zero-order valence-electron chi connectivity index (χ0n) is 23.7. The lowest BCUT2D eigenvalue weighted by atomic mass is 9.80. The van der Waals surface area contributed by atoms with Crippen LogP contribution >= 0.6 is 22.6 Å². The van der Waals surface area contributed by atoms with Crippen molar-refractivity contribution < 1.29 is 19.8 Å². The molecule has 11 heteroatoms. The number of aliphatic imine (C=N–C) groups is 1. The number of allylic oxidation sites excluding steroid dienone is 2. The van der Waals surface area contributed by atoms with Crippen LogP contribution in [0, 0.1) is 14.9 Å². The first-order valence-corrected chi connectivity index (χ1v) is 15.0. The van der Waals surface area contributed by atoms with E-state index in [0.29, 0.717) is 35.1 Å². The Bertz CT molecular complexity index is 1420. The van der Waals surface area contributed by atoms with E-state index in [1.165, 1.54) is 5.56 Å². The van der Waals surface area contributed by atoms with E-state index in [-0.39, 0.29) is 17.0 Å². The lowest BCUT2D eigenvalue weighted by Crippen LogP contribution is -2.39. The third kappa shape index (κ3) is 7.76. The number of hydrazine groups is 1. The largest absolute Gasteiger partial charge is 0.478 e. The van der Waals surface area contributed by atoms with Crippen molar-refractivity contribution >= 4 is 46.1 Å². The van der Waals surface area contributed by atoms with Gasteiger partial charge in [-0.3, -0.25) is 5.43 Å². The molecule has 0 atom stereocenters. The van der Waals surface area contributed by atoms with Crippen molar-refractivity contribution in [1.82, 2.24) is 21.1 Å². The van der Waals surface area contributed by atoms with Crippen LogP contribution in [-0.4, -0.2) is 59.1 Å². The number of halogens is 1. The van der Waals surface area contributed by atoms with Crippen LogP contribution in [0.15, 0.2) is 76.1 Å². The average molecular weight is 683 g/mol. The Labute approximate surface area is 259 Å². The fourth-order valence-corrected chi connectivity index (χ4v) is 6.36. The molecule has 2 aliphatic rings. The predicted molar refractivity (Wildman–Crippen MR) is 169 cm³/mol. The van der Waals surface area contributed by atoms with Crippen molar-refractivity contribution in [3.05, 3.63) is 85.8 Å². The number of rotatable bonds is 10. The lowest BCUT2D eigenvalue weighted by molar-refractivity contribution is -0.133. The van der Waals surface area contributed by atoms with Crippen LogP contribution in [0.5, 0.6) is 0 Å². The summed E-state index contributed by atoms with van der Waals surface area (Å²) in [7, 11) is 0. The number of benzene rings is 2. The van der Waals surface area contributed by atoms with Gasteiger partial charge in [0.2, 0.25) is 5.84 Å². The molecule has 2 aliphatic heterocycles. The number of piperidine rings is 1. The van der Waals surface area contributed by atoms with Crippen LogP contribution < -0.4 is 16.2 Å². The normalized spacial score (nSPS) is 17.1. The summed E-state index contributed by atoms with van der Waals surface area (Å²) in [6.45, 7) is 6.97. The van der Waals surface area contributed by atoms with Gasteiger partial charge in [-0.15, -0.1) is 0 Å². The van der Waals surface area contributed by atoms with Gasteiger partial charge in [-0.2, -0.15) is 5.26 Å². The van der Waals surface area contributed by atoms with Gasteiger partial charge in [-0.1, -0.05) is 30.3 Å². The Hall–Kier alpha value is -3.73. The Morgan fingerprint density at radius 1 is 1.05 bits per heavy atom. The van der Waals surface area contributed by atoms with Crippen molar-refractivity contribution in [2.45, 2.75) is 44.9 Å². The second kappa shape index (κ2) is 14.4. The molecule has 0 radical (unpaired) electrons. The molecule has 5 N–H and O–H groups in total. The molecule has 4 rings (SSSR count). The van der Waals surface area contributed by atoms with Crippen LogP contribution in [0.2, 0.25) is 0 Å². The van der Waals surface area contributed by atoms with Crippen LogP contribution in [-0.2, 0) is 9.59 Å². The summed E-state index contributed by atoms with van der Waals surface area (Å²) >= 11 is 2.08. The number of carboxylic acids is 2. The monoisotopic (exact) mass is 682 g/mol. The van der Waals surface area contributed by atoms with Gasteiger partial charge in [0.1, 0.15) is 6.07 Å². The van der Waals surface area contributed by atoms with Gasteiger partial charge < -0.3 is 20.4 Å². The summed E-state index contributed by atoms with van der Waals surface area (Å²) in [5.74, 6) is -2.74. The van der Waals surface area contributed by atoms with E-state index in [9.17, 15) is 25.1 Å². The zero-order valence-corrected chi connectivity index (χ0v) is 25.8. The summed E-state index contributed by atoms with van der Waals surface area (Å²) in [5.41, 5.74) is 8.91. The van der Waals surface area contributed by atoms with E-state index in [4.69, 9.17) is 0 Å². The summed E-state index contributed by atoms with van der Waals surface area (Å²) < 4.78 is 0.730. The molecular weight excluding hydrogens is 647 g/mol. The summed E-state index contributed by atoms with van der Waals surface area (Å²) in [4.78, 5) is 31.2. The summed E-state index contributed by atoms with van der Waals surface area (Å²) in [6, 6.07) is 17.8. The fourth-order valence-electron chi connectivity index (χ4n) is 5.68. The third-order valence-corrected chi connectivity index (χ3v) is 8.27. The molecule has 0 spiro atoms. The highest BCUT2D eigenvalue weighted by Crippen LogP contribution is 2.40. The standard InChI is InChI=1S/C31H35IN6O4/c1-19-27(30(39)40)29(28(31(41)42)20(2)35-19)23-15-24(32)17-25(16-23)36-26(18-33)37-34-11-6-12-38-13-9-22(10-14-38)21-7-4-3-5-8-21/h3-5,7-8,15-17,22,29,34-35H,6,9-14H2,1-2H3,(H,36,37)(H,39,40)(H,41,42). The highest BCUT2D eigenvalue weighted by Gasteiger charge is 2.36. The number of carboxylic acid groups (broad SMARTS) is 2. The Morgan fingerprint density at radius 3 is 2.29 bits per heavy atom. The highest BCUT2D eigenvalue weighted by molar-refractivity contribution is 14.1. The van der Waals surface area contributed by atoms with E-state index in [1.807, 2.05) is 6.07 Å². The summed E-state index contributed by atoms with van der Waals surface area (Å²) in [5, 5.41) is 32.4. The van der Waals surface area contributed by atoms with E-state index < -0.39 is 17.9 Å². The number of likely N-dealkylation sites (tertiary alicyclic amines) is 1. The summed E-state index contributed by atoms with van der Waals surface area (Å²) in [6.07, 6.45) is 3.21. The SMILES string of the molecule is CC1=C(C(=O)O)C(c2cc(I)cc(N=C(C#N)NNCCCN3CCC(c4ccccc4)CC3)c2)C(C(=O)O)=C(C)N1. The molecule has 0 amide bonds. The minimum atomic E-state index is -1.20. The number of dihydropyridines is 1. The Balaban J connectivity index is 1.37. The van der Waals surface area contributed by atoms with Crippen molar-refractivity contribution in [2.75, 3.05) is 26.2 Å². The molecule has 2 aromatic carbocycles. The quantitative estimate of drug-likeness (QED) is 0.0796. The number of hydrogen-bond acceptors (Lipinski definition) is 7. The van der Waals surface area contributed by atoms with Gasteiger partial charge in [-0.05, 0) is 111 Å². The average Bonchev–Trinajstić information content (AvgIpc) is 2.96. The number of aliphatic carboxylic acids is 2. The molecular formula is C31H35IN6O4. The Morgan fingerprint density at radius 2 is 1.69 bits per heavy atom. The highest BCUT2D eigenvalue weighted by atomic mass is 127. The Kier molecular flexibility index (Phi) is 10.7. The van der Waals surface area contributed by atoms with Crippen LogP contribution in [0.1, 0.15) is 56.1 Å². The van der Waals surface area contributed by atoms with Crippen molar-refractivity contribution in [2.24, 2.45) is 4.99 Å². The first-order chi connectivity index (χ1) is 20.2. The minimum Gasteiger partial charge on any atom is -0.478 e. The maximum atomic E-state index is 12.2. The molecule has 0 bridgehead atoms. The molecule has 0 saturated carbocycles. The van der Waals surface area contributed by atoms with Gasteiger partial charge >= 0.3 is 11.9 Å². The smallest absolute Gasteiger partial charge is 0.334 e. The third-order valence-electron chi connectivity index (χ3n) is 7.65. The second-order valence-electron chi connectivity index (χ2n) is 10.5. The zero-order chi connectivity index (χ0) is 30.2. The first-order valence-electron chi connectivity index (χ1n) is 13.9. The van der Waals surface area contributed by atoms with Crippen molar-refractivity contribution in [3.63, 3.8) is 0 Å². The maximum absolute atomic E-state index is 12.2. The molecule has 0 aliphatic carbocycles. The second-order valence-corrected chi connectivity index (χ2v) is 11.7. The van der Waals surface area contributed by atoms with Crippen LogP contribution in [0.4, 0.5) is 5.69 Å². The first kappa shape index (κ1) is 31.2. The number of nitriles is 1. The van der Waals surface area contributed by atoms with Gasteiger partial charge in [0.05, 0.1) is 22.8 Å². The van der Waals surface area contributed by atoms with Gasteiger partial charge in [-0.25, -0.2) is 20.0 Å². The number of nitrogens with zero attached hydrogens (tertiary/aromatic N) is 3. The molecule has 220 valence electrons. The topological polar surface area (TPSA) is 150 Å². The van der Waals surface area contributed by atoms with E-state index in [2.05, 4.69) is 79.0 Å². The van der Waals surface area contributed by atoms with E-state index in [0.717, 1.165) is 42.5 Å². The molecule has 42 heavy (non-hydrogen) atoms. The molecule has 0 aromatic heterocycles. The molecule has 1 fully saturated rings. The lowest BCUT2D eigenvalue weighted by Gasteiger charge is -2.32. The van der Waals surface area contributed by atoms with Gasteiger partial charge in [0.25, 0.3) is 0 Å². The predicted octanol–water partition coefficient (Wildman–Crippen LogP) is 4.61. The van der Waals surface area contributed by atoms with Crippen molar-refractivity contribution in [3.8, 4) is 6.07 Å². The molecule has 0 unspecified atom stereocenters. The van der Waals surface area contributed by atoms with Crippen molar-refractivity contribution in [1.29, 1.82) is 5.26 Å². The van der Waals surface area contributed by atoms with Gasteiger partial charge in [0.15, 0.2) is 0 Å². The number of hydrogen-bond donors (Lipinski definition) is 5. The van der Waals surface area contributed by atoms with E-state index in [1.54, 1.807) is 32.0 Å². The maximum Gasteiger partial charge on any atom is 0.334 e. The number of carbonyl (C=O) groups is 2. The fraction of sp³-hybridized carbons (Fsp3) is 0.355. The molecule has 10 nitrogen and oxygen atoms in total. The van der Waals surface area contributed by atoms with Crippen LogP contribution in [0.25, 0.3) is 0 Å². The van der Waals surface area contributed by atoms with Gasteiger partial charge in [0, 0.05) is 21.5 Å². The van der Waals surface area contributed by atoms with Crippen LogP contribution in [0.3, 0.4) is 0 Å². The molecule has 2 aromatic rings.